The van der Waals surface area contributed by atoms with Crippen LogP contribution in [0.2, 0.25) is 0 Å². The molecule has 0 aromatic heterocycles. The zero-order valence-corrected chi connectivity index (χ0v) is 12.3. The molecule has 3 heteroatoms. The van der Waals surface area contributed by atoms with Gasteiger partial charge in [0.15, 0.2) is 0 Å². The number of amides is 1. The van der Waals surface area contributed by atoms with Crippen molar-refractivity contribution in [3.8, 4) is 0 Å². The van der Waals surface area contributed by atoms with Gasteiger partial charge >= 0.3 is 0 Å². The van der Waals surface area contributed by atoms with E-state index in [1.54, 1.807) is 0 Å². The van der Waals surface area contributed by atoms with Crippen LogP contribution in [0.15, 0.2) is 18.2 Å². The lowest BCUT2D eigenvalue weighted by Crippen LogP contribution is -2.42. The molecule has 3 nitrogen and oxygen atoms in total. The van der Waals surface area contributed by atoms with Crippen LogP contribution >= 0.6 is 0 Å². The Morgan fingerprint density at radius 2 is 1.95 bits per heavy atom. The maximum absolute atomic E-state index is 12.9. The second-order valence-electron chi connectivity index (χ2n) is 6.07. The van der Waals surface area contributed by atoms with E-state index in [4.69, 9.17) is 0 Å². The van der Waals surface area contributed by atoms with Gasteiger partial charge in [-0.1, -0.05) is 31.0 Å². The summed E-state index contributed by atoms with van der Waals surface area (Å²) in [6.07, 6.45) is 4.85. The van der Waals surface area contributed by atoms with Crippen molar-refractivity contribution in [1.29, 1.82) is 0 Å². The Morgan fingerprint density at radius 3 is 2.70 bits per heavy atom. The van der Waals surface area contributed by atoms with E-state index in [1.165, 1.54) is 29.5 Å². The van der Waals surface area contributed by atoms with E-state index in [1.807, 2.05) is 0 Å². The first kappa shape index (κ1) is 13.6. The topological polar surface area (TPSA) is 32.3 Å². The van der Waals surface area contributed by atoms with Crippen LogP contribution in [-0.4, -0.2) is 30.4 Å². The van der Waals surface area contributed by atoms with E-state index in [2.05, 4.69) is 35.3 Å². The molecule has 1 amide bonds. The van der Waals surface area contributed by atoms with Crippen LogP contribution < -0.4 is 5.32 Å². The number of likely N-dealkylation sites (tertiary alicyclic amines) is 1. The third kappa shape index (κ3) is 2.59. The number of aryl methyl sites for hydroxylation is 1. The van der Waals surface area contributed by atoms with Crippen LogP contribution in [-0.2, 0) is 11.3 Å². The fraction of sp³-hybridized carbons (Fsp3) is 0.588. The Morgan fingerprint density at radius 1 is 1.20 bits per heavy atom. The van der Waals surface area contributed by atoms with Crippen LogP contribution in [0.5, 0.6) is 0 Å². The van der Waals surface area contributed by atoms with Gasteiger partial charge in [0, 0.05) is 26.2 Å². The summed E-state index contributed by atoms with van der Waals surface area (Å²) >= 11 is 0. The summed E-state index contributed by atoms with van der Waals surface area (Å²) in [6.45, 7) is 5.69. The van der Waals surface area contributed by atoms with Gasteiger partial charge in [0.05, 0.1) is 5.92 Å². The standard InChI is InChI=1S/C17H24N2O/c1-13-7-6-8-14-11-18-12-15(16(13)14)17(20)19-9-4-2-3-5-10-19/h6-8,15,18H,2-5,9-12H2,1H3. The fourth-order valence-electron chi connectivity index (χ4n) is 3.57. The van der Waals surface area contributed by atoms with Crippen molar-refractivity contribution in [3.05, 3.63) is 34.9 Å². The van der Waals surface area contributed by atoms with Crippen LogP contribution in [0.1, 0.15) is 48.3 Å². The molecule has 0 aliphatic carbocycles. The molecule has 2 aliphatic heterocycles. The molecule has 0 bridgehead atoms. The quantitative estimate of drug-likeness (QED) is 0.852. The Kier molecular flexibility index (Phi) is 4.06. The molecular weight excluding hydrogens is 248 g/mol. The van der Waals surface area contributed by atoms with E-state index in [0.29, 0.717) is 5.91 Å². The molecular formula is C17H24N2O. The van der Waals surface area contributed by atoms with Gasteiger partial charge in [-0.05, 0) is 36.5 Å². The number of carbonyl (C=O) groups excluding carboxylic acids is 1. The minimum atomic E-state index is 0.0121. The van der Waals surface area contributed by atoms with Crippen molar-refractivity contribution in [3.63, 3.8) is 0 Å². The van der Waals surface area contributed by atoms with Gasteiger partial charge in [-0.25, -0.2) is 0 Å². The van der Waals surface area contributed by atoms with Crippen LogP contribution in [0.3, 0.4) is 0 Å². The van der Waals surface area contributed by atoms with Crippen molar-refractivity contribution in [2.75, 3.05) is 19.6 Å². The summed E-state index contributed by atoms with van der Waals surface area (Å²) < 4.78 is 0. The number of hydrogen-bond acceptors (Lipinski definition) is 2. The van der Waals surface area contributed by atoms with Gasteiger partial charge in [0.1, 0.15) is 0 Å². The molecule has 1 N–H and O–H groups in total. The summed E-state index contributed by atoms with van der Waals surface area (Å²) in [4.78, 5) is 15.0. The molecule has 1 aromatic rings. The Balaban J connectivity index is 1.86. The van der Waals surface area contributed by atoms with Gasteiger partial charge in [-0.2, -0.15) is 0 Å². The molecule has 20 heavy (non-hydrogen) atoms. The third-order valence-corrected chi connectivity index (χ3v) is 4.64. The van der Waals surface area contributed by atoms with Crippen molar-refractivity contribution in [2.24, 2.45) is 0 Å². The Hall–Kier alpha value is -1.35. The van der Waals surface area contributed by atoms with E-state index in [9.17, 15) is 4.79 Å². The monoisotopic (exact) mass is 272 g/mol. The van der Waals surface area contributed by atoms with Crippen LogP contribution in [0, 0.1) is 6.92 Å². The first-order valence-electron chi connectivity index (χ1n) is 7.85. The molecule has 2 heterocycles. The van der Waals surface area contributed by atoms with Gasteiger partial charge in [-0.15, -0.1) is 0 Å². The molecule has 3 rings (SSSR count). The third-order valence-electron chi connectivity index (χ3n) is 4.64. The molecule has 1 atom stereocenters. The lowest BCUT2D eigenvalue weighted by atomic mass is 9.86. The molecule has 0 radical (unpaired) electrons. The van der Waals surface area contributed by atoms with Crippen molar-refractivity contribution in [1.82, 2.24) is 10.2 Å². The van der Waals surface area contributed by atoms with Crippen molar-refractivity contribution < 1.29 is 4.79 Å². The predicted molar refractivity (Wildman–Crippen MR) is 80.7 cm³/mol. The van der Waals surface area contributed by atoms with Crippen molar-refractivity contribution in [2.45, 2.75) is 45.1 Å². The predicted octanol–water partition coefficient (Wildman–Crippen LogP) is 2.58. The molecule has 1 saturated heterocycles. The maximum atomic E-state index is 12.9. The molecule has 1 fully saturated rings. The summed E-state index contributed by atoms with van der Waals surface area (Å²) in [5.41, 5.74) is 3.84. The number of carbonyl (C=O) groups is 1. The lowest BCUT2D eigenvalue weighted by Gasteiger charge is -2.31. The number of rotatable bonds is 1. The molecule has 108 valence electrons. The summed E-state index contributed by atoms with van der Waals surface area (Å²) in [5.74, 6) is 0.340. The largest absolute Gasteiger partial charge is 0.342 e. The zero-order valence-electron chi connectivity index (χ0n) is 12.3. The highest BCUT2D eigenvalue weighted by Gasteiger charge is 2.31. The normalized spacial score (nSPS) is 23.1. The first-order chi connectivity index (χ1) is 9.77. The fourth-order valence-corrected chi connectivity index (χ4v) is 3.57. The first-order valence-corrected chi connectivity index (χ1v) is 7.85. The van der Waals surface area contributed by atoms with E-state index in [-0.39, 0.29) is 5.92 Å². The average molecular weight is 272 g/mol. The Bertz CT molecular complexity index is 490. The second-order valence-corrected chi connectivity index (χ2v) is 6.07. The van der Waals surface area contributed by atoms with Crippen LogP contribution in [0.25, 0.3) is 0 Å². The van der Waals surface area contributed by atoms with Gasteiger partial charge < -0.3 is 10.2 Å². The highest BCUT2D eigenvalue weighted by atomic mass is 16.2. The molecule has 2 aliphatic rings. The van der Waals surface area contributed by atoms with E-state index < -0.39 is 0 Å². The number of hydrogen-bond donors (Lipinski definition) is 1. The average Bonchev–Trinajstić information content (AvgIpc) is 2.75. The smallest absolute Gasteiger partial charge is 0.231 e. The Labute approximate surface area is 121 Å². The molecule has 1 aromatic carbocycles. The van der Waals surface area contributed by atoms with Crippen molar-refractivity contribution >= 4 is 5.91 Å². The maximum Gasteiger partial charge on any atom is 0.231 e. The lowest BCUT2D eigenvalue weighted by molar-refractivity contribution is -0.132. The number of nitrogens with zero attached hydrogens (tertiary/aromatic N) is 1. The molecule has 0 spiro atoms. The summed E-state index contributed by atoms with van der Waals surface area (Å²) in [5, 5.41) is 3.41. The number of benzene rings is 1. The van der Waals surface area contributed by atoms with Gasteiger partial charge in [0.2, 0.25) is 5.91 Å². The minimum absolute atomic E-state index is 0.0121. The van der Waals surface area contributed by atoms with Crippen LogP contribution in [0.4, 0.5) is 0 Å². The summed E-state index contributed by atoms with van der Waals surface area (Å²) in [6, 6.07) is 6.37. The van der Waals surface area contributed by atoms with Gasteiger partial charge in [0.25, 0.3) is 0 Å². The van der Waals surface area contributed by atoms with E-state index >= 15 is 0 Å². The highest BCUT2D eigenvalue weighted by Crippen LogP contribution is 2.29. The SMILES string of the molecule is Cc1cccc2c1C(C(=O)N1CCCCCC1)CNC2. The number of fused-ring (bicyclic) bond motifs is 1. The molecule has 0 saturated carbocycles. The van der Waals surface area contributed by atoms with E-state index in [0.717, 1.165) is 39.0 Å². The highest BCUT2D eigenvalue weighted by molar-refractivity contribution is 5.85. The number of nitrogens with one attached hydrogen (secondary N) is 1. The minimum Gasteiger partial charge on any atom is -0.342 e. The summed E-state index contributed by atoms with van der Waals surface area (Å²) in [7, 11) is 0. The van der Waals surface area contributed by atoms with Gasteiger partial charge in [-0.3, -0.25) is 4.79 Å². The second kappa shape index (κ2) is 5.96. The molecule has 1 unspecified atom stereocenters. The zero-order chi connectivity index (χ0) is 13.9.